The summed E-state index contributed by atoms with van der Waals surface area (Å²) >= 11 is 0. The second kappa shape index (κ2) is 5.97. The molecule has 0 aromatic carbocycles. The van der Waals surface area contributed by atoms with Gasteiger partial charge in [-0.25, -0.2) is 4.79 Å². The summed E-state index contributed by atoms with van der Waals surface area (Å²) in [6, 6.07) is 0.657. The number of ether oxygens (including phenoxy) is 1. The Morgan fingerprint density at radius 2 is 2.14 bits per heavy atom. The zero-order valence-corrected chi connectivity index (χ0v) is 8.53. The summed E-state index contributed by atoms with van der Waals surface area (Å²) in [5, 5.41) is 10.6. The standard InChI is InChI=1S/C9H14N2O3/c1-4-6(2)8(9(13)14-3)11-7(12)5-10/h6,8H,4H2,1-3H3,(H,11,12)/t6-,8-/m0/s1. The maximum absolute atomic E-state index is 11.2. The van der Waals surface area contributed by atoms with Gasteiger partial charge in [0, 0.05) is 0 Å². The number of hydrogen-bond donors (Lipinski definition) is 1. The Hall–Kier alpha value is -1.57. The number of nitrogens with zero attached hydrogens (tertiary/aromatic N) is 1. The van der Waals surface area contributed by atoms with Gasteiger partial charge in [0.2, 0.25) is 0 Å². The van der Waals surface area contributed by atoms with Crippen molar-refractivity contribution < 1.29 is 14.3 Å². The van der Waals surface area contributed by atoms with E-state index in [0.717, 1.165) is 0 Å². The monoisotopic (exact) mass is 198 g/mol. The molecule has 0 aromatic rings. The molecule has 0 saturated carbocycles. The molecule has 1 N–H and O–H groups in total. The lowest BCUT2D eigenvalue weighted by atomic mass is 9.99. The molecular weight excluding hydrogens is 184 g/mol. The highest BCUT2D eigenvalue weighted by Crippen LogP contribution is 2.08. The van der Waals surface area contributed by atoms with Crippen LogP contribution in [-0.4, -0.2) is 25.0 Å². The molecule has 0 spiro atoms. The first kappa shape index (κ1) is 12.4. The van der Waals surface area contributed by atoms with Crippen molar-refractivity contribution in [2.45, 2.75) is 26.3 Å². The first-order valence-corrected chi connectivity index (χ1v) is 4.35. The number of esters is 1. The van der Waals surface area contributed by atoms with Crippen LogP contribution in [0, 0.1) is 17.2 Å². The Labute approximate surface area is 83.0 Å². The lowest BCUT2D eigenvalue weighted by Gasteiger charge is -2.20. The molecule has 0 aliphatic carbocycles. The van der Waals surface area contributed by atoms with Gasteiger partial charge in [0.05, 0.1) is 7.11 Å². The van der Waals surface area contributed by atoms with E-state index in [4.69, 9.17) is 5.26 Å². The number of methoxy groups -OCH3 is 1. The molecule has 0 fully saturated rings. The molecule has 0 heterocycles. The van der Waals surface area contributed by atoms with Crippen LogP contribution >= 0.6 is 0 Å². The summed E-state index contributed by atoms with van der Waals surface area (Å²) in [5.41, 5.74) is 0. The van der Waals surface area contributed by atoms with Gasteiger partial charge in [-0.3, -0.25) is 4.79 Å². The topological polar surface area (TPSA) is 79.2 Å². The zero-order chi connectivity index (χ0) is 11.1. The minimum absolute atomic E-state index is 0.0558. The number of carbonyl (C=O) groups excluding carboxylic acids is 2. The summed E-state index contributed by atoms with van der Waals surface area (Å²) in [7, 11) is 1.25. The van der Waals surface area contributed by atoms with E-state index < -0.39 is 17.9 Å². The van der Waals surface area contributed by atoms with Gasteiger partial charge in [0.1, 0.15) is 6.04 Å². The third-order valence-electron chi connectivity index (χ3n) is 2.06. The van der Waals surface area contributed by atoms with Crippen molar-refractivity contribution in [3.63, 3.8) is 0 Å². The lowest BCUT2D eigenvalue weighted by Crippen LogP contribution is -2.45. The summed E-state index contributed by atoms with van der Waals surface area (Å²) in [6.45, 7) is 3.69. The summed E-state index contributed by atoms with van der Waals surface area (Å²) in [5.74, 6) is -1.40. The largest absolute Gasteiger partial charge is 0.467 e. The molecule has 0 aliphatic heterocycles. The minimum atomic E-state index is -0.819. The Kier molecular flexibility index (Phi) is 5.30. The molecule has 0 saturated heterocycles. The number of nitrogens with one attached hydrogen (secondary N) is 1. The predicted octanol–water partition coefficient (Wildman–Crippen LogP) is 0.214. The first-order chi connectivity index (χ1) is 6.56. The second-order valence-electron chi connectivity index (χ2n) is 2.97. The van der Waals surface area contributed by atoms with Crippen molar-refractivity contribution in [2.24, 2.45) is 5.92 Å². The van der Waals surface area contributed by atoms with Crippen LogP contribution in [0.5, 0.6) is 0 Å². The van der Waals surface area contributed by atoms with Gasteiger partial charge < -0.3 is 10.1 Å². The normalized spacial score (nSPS) is 13.6. The van der Waals surface area contributed by atoms with Crippen LogP contribution in [0.3, 0.4) is 0 Å². The van der Waals surface area contributed by atoms with Crippen molar-refractivity contribution in [1.82, 2.24) is 5.32 Å². The fraction of sp³-hybridized carbons (Fsp3) is 0.667. The Bertz CT molecular complexity index is 257. The van der Waals surface area contributed by atoms with E-state index in [-0.39, 0.29) is 5.92 Å². The molecule has 1 amide bonds. The van der Waals surface area contributed by atoms with E-state index in [0.29, 0.717) is 6.42 Å². The Balaban J connectivity index is 4.49. The van der Waals surface area contributed by atoms with E-state index in [1.807, 2.05) is 6.92 Å². The smallest absolute Gasteiger partial charge is 0.328 e. The molecule has 0 bridgehead atoms. The van der Waals surface area contributed by atoms with Gasteiger partial charge in [0.25, 0.3) is 0 Å². The molecule has 0 unspecified atom stereocenters. The van der Waals surface area contributed by atoms with E-state index in [2.05, 4.69) is 10.1 Å². The Morgan fingerprint density at radius 3 is 2.50 bits per heavy atom. The van der Waals surface area contributed by atoms with Gasteiger partial charge in [-0.2, -0.15) is 5.26 Å². The zero-order valence-electron chi connectivity index (χ0n) is 8.53. The molecule has 5 nitrogen and oxygen atoms in total. The highest BCUT2D eigenvalue weighted by Gasteiger charge is 2.26. The number of carbonyl (C=O) groups is 2. The fourth-order valence-electron chi connectivity index (χ4n) is 0.970. The average Bonchev–Trinajstić information content (AvgIpc) is 2.23. The van der Waals surface area contributed by atoms with Crippen molar-refractivity contribution in [1.29, 1.82) is 5.26 Å². The average molecular weight is 198 g/mol. The molecule has 0 aromatic heterocycles. The van der Waals surface area contributed by atoms with Crippen LogP contribution < -0.4 is 5.32 Å². The predicted molar refractivity (Wildman–Crippen MR) is 49.0 cm³/mol. The number of nitriles is 1. The van der Waals surface area contributed by atoms with Crippen molar-refractivity contribution in [3.05, 3.63) is 0 Å². The Morgan fingerprint density at radius 1 is 1.57 bits per heavy atom. The maximum Gasteiger partial charge on any atom is 0.328 e. The van der Waals surface area contributed by atoms with Gasteiger partial charge in [-0.1, -0.05) is 20.3 Å². The number of rotatable bonds is 4. The molecule has 5 heteroatoms. The van der Waals surface area contributed by atoms with E-state index in [9.17, 15) is 9.59 Å². The second-order valence-corrected chi connectivity index (χ2v) is 2.97. The van der Waals surface area contributed by atoms with Crippen molar-refractivity contribution in [3.8, 4) is 6.07 Å². The molecule has 0 rings (SSSR count). The highest BCUT2D eigenvalue weighted by molar-refractivity contribution is 5.94. The molecule has 0 radical (unpaired) electrons. The summed E-state index contributed by atoms with van der Waals surface area (Å²) in [6.07, 6.45) is 0.714. The lowest BCUT2D eigenvalue weighted by molar-refractivity contribution is -0.146. The molecule has 78 valence electrons. The fourth-order valence-corrected chi connectivity index (χ4v) is 0.970. The van der Waals surface area contributed by atoms with Crippen molar-refractivity contribution >= 4 is 11.9 Å². The maximum atomic E-state index is 11.2. The minimum Gasteiger partial charge on any atom is -0.467 e. The molecule has 0 aliphatic rings. The molecular formula is C9H14N2O3. The first-order valence-electron chi connectivity index (χ1n) is 4.35. The van der Waals surface area contributed by atoms with Crippen LogP contribution in [0.15, 0.2) is 0 Å². The highest BCUT2D eigenvalue weighted by atomic mass is 16.5. The quantitative estimate of drug-likeness (QED) is 0.517. The van der Waals surface area contributed by atoms with E-state index in [1.165, 1.54) is 13.2 Å². The van der Waals surface area contributed by atoms with Gasteiger partial charge >= 0.3 is 11.9 Å². The molecule has 14 heavy (non-hydrogen) atoms. The van der Waals surface area contributed by atoms with Crippen molar-refractivity contribution in [2.75, 3.05) is 7.11 Å². The van der Waals surface area contributed by atoms with Gasteiger partial charge in [-0.15, -0.1) is 0 Å². The van der Waals surface area contributed by atoms with Crippen LogP contribution in [0.1, 0.15) is 20.3 Å². The van der Waals surface area contributed by atoms with Gasteiger partial charge in [0.15, 0.2) is 6.07 Å². The van der Waals surface area contributed by atoms with Gasteiger partial charge in [-0.05, 0) is 5.92 Å². The SMILES string of the molecule is CC[C@H](C)[C@H](NC(=O)C#N)C(=O)OC. The third-order valence-corrected chi connectivity index (χ3v) is 2.06. The van der Waals surface area contributed by atoms with E-state index >= 15 is 0 Å². The summed E-state index contributed by atoms with van der Waals surface area (Å²) < 4.78 is 4.52. The van der Waals surface area contributed by atoms with Crippen LogP contribution in [0.2, 0.25) is 0 Å². The van der Waals surface area contributed by atoms with Crippen LogP contribution in [0.25, 0.3) is 0 Å². The van der Waals surface area contributed by atoms with E-state index in [1.54, 1.807) is 6.92 Å². The third kappa shape index (κ3) is 3.44. The number of hydrogen-bond acceptors (Lipinski definition) is 4. The van der Waals surface area contributed by atoms with Crippen LogP contribution in [0.4, 0.5) is 0 Å². The van der Waals surface area contributed by atoms with Crippen LogP contribution in [-0.2, 0) is 14.3 Å². The summed E-state index contributed by atoms with van der Waals surface area (Å²) in [4.78, 5) is 22.0. The molecule has 2 atom stereocenters. The number of amides is 1.